The second kappa shape index (κ2) is 6.83. The van der Waals surface area contributed by atoms with Gasteiger partial charge in [-0.15, -0.1) is 0 Å². The fourth-order valence-corrected chi connectivity index (χ4v) is 2.00. The number of hydrogen-bond donors (Lipinski definition) is 1. The zero-order chi connectivity index (χ0) is 12.0. The lowest BCUT2D eigenvalue weighted by atomic mass is 10.2. The first kappa shape index (κ1) is 13.4. The van der Waals surface area contributed by atoms with Crippen molar-refractivity contribution in [2.75, 3.05) is 6.54 Å². The highest BCUT2D eigenvalue weighted by molar-refractivity contribution is 14.1. The Labute approximate surface area is 109 Å². The predicted octanol–water partition coefficient (Wildman–Crippen LogP) is 3.35. The van der Waals surface area contributed by atoms with Gasteiger partial charge in [-0.1, -0.05) is 19.8 Å². The molecule has 88 valence electrons. The summed E-state index contributed by atoms with van der Waals surface area (Å²) in [6, 6.07) is 4.34. The van der Waals surface area contributed by atoms with Gasteiger partial charge in [0.25, 0.3) is 5.91 Å². The molecule has 1 aromatic carbocycles. The molecular weight excluding hydrogens is 320 g/mol. The maximum absolute atomic E-state index is 13.0. The van der Waals surface area contributed by atoms with Crippen molar-refractivity contribution in [2.24, 2.45) is 0 Å². The quantitative estimate of drug-likeness (QED) is 0.649. The molecule has 1 amide bonds. The Morgan fingerprint density at radius 2 is 2.12 bits per heavy atom. The standard InChI is InChI=1S/C12H15FINO/c1-2-3-4-5-15-12(16)9-6-10(13)8-11(14)7-9/h6-8H,2-5H2,1H3,(H,15,16). The van der Waals surface area contributed by atoms with Gasteiger partial charge in [0, 0.05) is 15.7 Å². The van der Waals surface area contributed by atoms with Crippen LogP contribution in [0.3, 0.4) is 0 Å². The molecule has 4 heteroatoms. The van der Waals surface area contributed by atoms with Gasteiger partial charge in [0.15, 0.2) is 0 Å². The average molecular weight is 335 g/mol. The second-order valence-corrected chi connectivity index (χ2v) is 4.87. The third kappa shape index (κ3) is 4.47. The summed E-state index contributed by atoms with van der Waals surface area (Å²) in [7, 11) is 0. The van der Waals surface area contributed by atoms with E-state index in [2.05, 4.69) is 12.2 Å². The molecule has 0 bridgehead atoms. The third-order valence-electron chi connectivity index (χ3n) is 2.19. The molecule has 1 aromatic rings. The molecule has 0 aliphatic rings. The molecule has 0 aromatic heterocycles. The van der Waals surface area contributed by atoms with Gasteiger partial charge < -0.3 is 5.32 Å². The highest BCUT2D eigenvalue weighted by atomic mass is 127. The van der Waals surface area contributed by atoms with Crippen molar-refractivity contribution in [3.63, 3.8) is 0 Å². The summed E-state index contributed by atoms with van der Waals surface area (Å²) < 4.78 is 13.8. The summed E-state index contributed by atoms with van der Waals surface area (Å²) in [5.41, 5.74) is 0.390. The largest absolute Gasteiger partial charge is 0.352 e. The maximum Gasteiger partial charge on any atom is 0.251 e. The number of rotatable bonds is 5. The molecule has 0 saturated heterocycles. The minimum Gasteiger partial charge on any atom is -0.352 e. The van der Waals surface area contributed by atoms with Crippen LogP contribution in [0.5, 0.6) is 0 Å². The van der Waals surface area contributed by atoms with Gasteiger partial charge in [-0.2, -0.15) is 0 Å². The van der Waals surface area contributed by atoms with Crippen LogP contribution in [0.1, 0.15) is 36.5 Å². The summed E-state index contributed by atoms with van der Waals surface area (Å²) in [4.78, 5) is 11.6. The van der Waals surface area contributed by atoms with Crippen LogP contribution in [-0.4, -0.2) is 12.5 Å². The molecule has 0 aliphatic carbocycles. The molecule has 0 fully saturated rings. The smallest absolute Gasteiger partial charge is 0.251 e. The molecule has 1 N–H and O–H groups in total. The first-order chi connectivity index (χ1) is 7.63. The SMILES string of the molecule is CCCCCNC(=O)c1cc(F)cc(I)c1. The van der Waals surface area contributed by atoms with E-state index in [-0.39, 0.29) is 11.7 Å². The Balaban J connectivity index is 2.52. The van der Waals surface area contributed by atoms with Crippen molar-refractivity contribution in [2.45, 2.75) is 26.2 Å². The zero-order valence-corrected chi connectivity index (χ0v) is 11.4. The predicted molar refractivity (Wildman–Crippen MR) is 71.0 cm³/mol. The molecule has 0 unspecified atom stereocenters. The number of amides is 1. The van der Waals surface area contributed by atoms with Crippen LogP contribution in [0.4, 0.5) is 4.39 Å². The van der Waals surface area contributed by atoms with Gasteiger partial charge in [0.1, 0.15) is 5.82 Å². The van der Waals surface area contributed by atoms with E-state index >= 15 is 0 Å². The molecule has 1 rings (SSSR count). The minimum atomic E-state index is -0.370. The Bertz CT molecular complexity index is 348. The van der Waals surface area contributed by atoms with Crippen molar-refractivity contribution >= 4 is 28.5 Å². The zero-order valence-electron chi connectivity index (χ0n) is 9.22. The number of halogens is 2. The van der Waals surface area contributed by atoms with Crippen molar-refractivity contribution in [1.29, 1.82) is 0 Å². The second-order valence-electron chi connectivity index (χ2n) is 3.62. The summed E-state index contributed by atoms with van der Waals surface area (Å²) in [6.07, 6.45) is 3.18. The van der Waals surface area contributed by atoms with E-state index < -0.39 is 0 Å². The molecule has 2 nitrogen and oxygen atoms in total. The first-order valence-electron chi connectivity index (χ1n) is 5.37. The topological polar surface area (TPSA) is 29.1 Å². The molecule has 0 aliphatic heterocycles. The van der Waals surface area contributed by atoms with Gasteiger partial charge in [-0.25, -0.2) is 4.39 Å². The van der Waals surface area contributed by atoms with E-state index in [1.165, 1.54) is 12.1 Å². The fraction of sp³-hybridized carbons (Fsp3) is 0.417. The highest BCUT2D eigenvalue weighted by Crippen LogP contribution is 2.11. The Morgan fingerprint density at radius 3 is 2.75 bits per heavy atom. The number of nitrogens with one attached hydrogen (secondary N) is 1. The summed E-state index contributed by atoms with van der Waals surface area (Å²) in [6.45, 7) is 2.76. The van der Waals surface area contributed by atoms with Crippen LogP contribution in [-0.2, 0) is 0 Å². The number of carbonyl (C=O) groups is 1. The lowest BCUT2D eigenvalue weighted by molar-refractivity contribution is 0.0952. The number of unbranched alkanes of at least 4 members (excludes halogenated alkanes) is 2. The molecule has 16 heavy (non-hydrogen) atoms. The fourth-order valence-electron chi connectivity index (χ4n) is 1.36. The lowest BCUT2D eigenvalue weighted by Gasteiger charge is -2.05. The lowest BCUT2D eigenvalue weighted by Crippen LogP contribution is -2.24. The third-order valence-corrected chi connectivity index (χ3v) is 2.81. The number of benzene rings is 1. The van der Waals surface area contributed by atoms with Gasteiger partial charge in [-0.05, 0) is 47.2 Å². The maximum atomic E-state index is 13.0. The van der Waals surface area contributed by atoms with Gasteiger partial charge in [0.05, 0.1) is 0 Å². The monoisotopic (exact) mass is 335 g/mol. The van der Waals surface area contributed by atoms with Crippen LogP contribution in [0, 0.1) is 9.39 Å². The van der Waals surface area contributed by atoms with E-state index in [0.717, 1.165) is 22.8 Å². The highest BCUT2D eigenvalue weighted by Gasteiger charge is 2.07. The van der Waals surface area contributed by atoms with Crippen LogP contribution in [0.2, 0.25) is 0 Å². The molecule has 0 radical (unpaired) electrons. The Kier molecular flexibility index (Phi) is 5.73. The van der Waals surface area contributed by atoms with E-state index in [1.807, 2.05) is 22.6 Å². The van der Waals surface area contributed by atoms with E-state index in [1.54, 1.807) is 6.07 Å². The van der Waals surface area contributed by atoms with Crippen LogP contribution in [0.15, 0.2) is 18.2 Å². The van der Waals surface area contributed by atoms with Crippen LogP contribution < -0.4 is 5.32 Å². The van der Waals surface area contributed by atoms with E-state index in [0.29, 0.717) is 12.1 Å². The number of carbonyl (C=O) groups excluding carboxylic acids is 1. The van der Waals surface area contributed by atoms with E-state index in [4.69, 9.17) is 0 Å². The molecule has 0 saturated carbocycles. The Hall–Kier alpha value is -0.650. The number of hydrogen-bond acceptors (Lipinski definition) is 1. The van der Waals surface area contributed by atoms with Crippen LogP contribution in [0.25, 0.3) is 0 Å². The van der Waals surface area contributed by atoms with Crippen molar-refractivity contribution < 1.29 is 9.18 Å². The summed E-state index contributed by atoms with van der Waals surface area (Å²) >= 11 is 2.00. The van der Waals surface area contributed by atoms with E-state index in [9.17, 15) is 9.18 Å². The average Bonchev–Trinajstić information content (AvgIpc) is 2.22. The molecular formula is C12H15FINO. The molecule has 0 heterocycles. The van der Waals surface area contributed by atoms with Gasteiger partial charge in [0.2, 0.25) is 0 Å². The normalized spacial score (nSPS) is 10.2. The van der Waals surface area contributed by atoms with Crippen molar-refractivity contribution in [3.8, 4) is 0 Å². The minimum absolute atomic E-state index is 0.200. The first-order valence-corrected chi connectivity index (χ1v) is 6.45. The summed E-state index contributed by atoms with van der Waals surface area (Å²) in [5.74, 6) is -0.570. The molecule has 0 spiro atoms. The summed E-state index contributed by atoms with van der Waals surface area (Å²) in [5, 5.41) is 2.78. The van der Waals surface area contributed by atoms with Crippen molar-refractivity contribution in [1.82, 2.24) is 5.32 Å². The van der Waals surface area contributed by atoms with Gasteiger partial charge >= 0.3 is 0 Å². The van der Waals surface area contributed by atoms with Crippen molar-refractivity contribution in [3.05, 3.63) is 33.1 Å². The molecule has 0 atom stereocenters. The van der Waals surface area contributed by atoms with Crippen LogP contribution >= 0.6 is 22.6 Å². The van der Waals surface area contributed by atoms with Gasteiger partial charge in [-0.3, -0.25) is 4.79 Å². The Morgan fingerprint density at radius 1 is 1.38 bits per heavy atom.